The van der Waals surface area contributed by atoms with Crippen molar-refractivity contribution < 1.29 is 8.42 Å². The first-order valence-corrected chi connectivity index (χ1v) is 8.67. The second kappa shape index (κ2) is 6.24. The molecule has 0 aliphatic carbocycles. The Morgan fingerprint density at radius 1 is 1.40 bits per heavy atom. The molecule has 0 bridgehead atoms. The molecule has 6 nitrogen and oxygen atoms in total. The van der Waals surface area contributed by atoms with Gasteiger partial charge < -0.3 is 9.88 Å². The van der Waals surface area contributed by atoms with Gasteiger partial charge in [-0.3, -0.25) is 0 Å². The van der Waals surface area contributed by atoms with Gasteiger partial charge in [-0.05, 0) is 32.5 Å². The molecule has 7 heteroatoms. The number of hydrogen-bond donors (Lipinski definition) is 1. The van der Waals surface area contributed by atoms with Crippen molar-refractivity contribution in [2.45, 2.75) is 44.2 Å². The normalized spacial score (nSPS) is 18.8. The standard InChI is InChI=1S/C13H24N4O2S/c1-4-12-14-10-13(15-12)20(18,19)16(3)11-6-8-17(5-2)9-7-11/h10-11H,4-9H2,1-3H3,(H,14,15). The molecule has 0 aromatic carbocycles. The van der Waals surface area contributed by atoms with Gasteiger partial charge in [0.15, 0.2) is 5.03 Å². The smallest absolute Gasteiger partial charge is 0.260 e. The molecular weight excluding hydrogens is 276 g/mol. The maximum atomic E-state index is 12.6. The lowest BCUT2D eigenvalue weighted by Crippen LogP contribution is -2.45. The van der Waals surface area contributed by atoms with Crippen LogP contribution in [0.2, 0.25) is 0 Å². The molecule has 1 aliphatic rings. The van der Waals surface area contributed by atoms with E-state index >= 15 is 0 Å². The van der Waals surface area contributed by atoms with Gasteiger partial charge in [-0.25, -0.2) is 13.4 Å². The lowest BCUT2D eigenvalue weighted by atomic mass is 10.1. The zero-order valence-corrected chi connectivity index (χ0v) is 13.3. The SMILES string of the molecule is CCc1ncc(S(=O)(=O)N(C)C2CCN(CC)CC2)[nH]1. The molecule has 0 unspecified atom stereocenters. The average molecular weight is 300 g/mol. The van der Waals surface area contributed by atoms with Crippen molar-refractivity contribution in [3.05, 3.63) is 12.0 Å². The fourth-order valence-electron chi connectivity index (χ4n) is 2.60. The zero-order valence-electron chi connectivity index (χ0n) is 12.5. The van der Waals surface area contributed by atoms with Crippen LogP contribution in [0.15, 0.2) is 11.2 Å². The van der Waals surface area contributed by atoms with Gasteiger partial charge in [0, 0.05) is 19.5 Å². The molecule has 1 saturated heterocycles. The van der Waals surface area contributed by atoms with Gasteiger partial charge in [0.2, 0.25) is 0 Å². The third-order valence-corrected chi connectivity index (χ3v) is 5.94. The topological polar surface area (TPSA) is 69.3 Å². The Labute approximate surface area is 121 Å². The number of nitrogens with zero attached hydrogens (tertiary/aromatic N) is 3. The highest BCUT2D eigenvalue weighted by Crippen LogP contribution is 2.21. The van der Waals surface area contributed by atoms with Crippen molar-refractivity contribution in [1.29, 1.82) is 0 Å². The summed E-state index contributed by atoms with van der Waals surface area (Å²) in [6.45, 7) is 7.04. The second-order valence-corrected chi connectivity index (χ2v) is 7.20. The van der Waals surface area contributed by atoms with Crippen LogP contribution in [0, 0.1) is 0 Å². The maximum absolute atomic E-state index is 12.6. The average Bonchev–Trinajstić information content (AvgIpc) is 2.96. The third kappa shape index (κ3) is 3.05. The first-order valence-electron chi connectivity index (χ1n) is 7.23. The molecule has 0 saturated carbocycles. The van der Waals surface area contributed by atoms with Gasteiger partial charge in [-0.2, -0.15) is 4.31 Å². The first kappa shape index (κ1) is 15.5. The van der Waals surface area contributed by atoms with Gasteiger partial charge in [0.25, 0.3) is 10.0 Å². The number of hydrogen-bond acceptors (Lipinski definition) is 4. The molecule has 1 aromatic heterocycles. The summed E-state index contributed by atoms with van der Waals surface area (Å²) in [6, 6.07) is 0.0798. The molecule has 1 aromatic rings. The van der Waals surface area contributed by atoms with Crippen LogP contribution in [-0.2, 0) is 16.4 Å². The molecule has 2 heterocycles. The summed E-state index contributed by atoms with van der Waals surface area (Å²) in [4.78, 5) is 9.33. The Kier molecular flexibility index (Phi) is 4.82. The van der Waals surface area contributed by atoms with E-state index in [9.17, 15) is 8.42 Å². The predicted octanol–water partition coefficient (Wildman–Crippen LogP) is 1.08. The fraction of sp³-hybridized carbons (Fsp3) is 0.769. The maximum Gasteiger partial charge on any atom is 0.260 e. The van der Waals surface area contributed by atoms with Gasteiger partial charge in [-0.1, -0.05) is 13.8 Å². The van der Waals surface area contributed by atoms with Crippen LogP contribution < -0.4 is 0 Å². The highest BCUT2D eigenvalue weighted by Gasteiger charge is 2.31. The van der Waals surface area contributed by atoms with Gasteiger partial charge in [0.05, 0.1) is 6.20 Å². The van der Waals surface area contributed by atoms with Crippen molar-refractivity contribution >= 4 is 10.0 Å². The number of piperidine rings is 1. The summed E-state index contributed by atoms with van der Waals surface area (Å²) in [6.07, 6.45) is 3.90. The van der Waals surface area contributed by atoms with E-state index in [1.165, 1.54) is 10.5 Å². The van der Waals surface area contributed by atoms with Crippen molar-refractivity contribution in [3.63, 3.8) is 0 Å². The minimum absolute atomic E-state index is 0.0798. The van der Waals surface area contributed by atoms with Crippen molar-refractivity contribution in [1.82, 2.24) is 19.2 Å². The molecule has 0 atom stereocenters. The molecule has 0 spiro atoms. The summed E-state index contributed by atoms with van der Waals surface area (Å²) < 4.78 is 26.6. The molecule has 2 rings (SSSR count). The van der Waals surface area contributed by atoms with Crippen LogP contribution in [0.25, 0.3) is 0 Å². The Morgan fingerprint density at radius 2 is 2.05 bits per heavy atom. The number of aromatic amines is 1. The molecule has 20 heavy (non-hydrogen) atoms. The highest BCUT2D eigenvalue weighted by atomic mass is 32.2. The number of aryl methyl sites for hydroxylation is 1. The Morgan fingerprint density at radius 3 is 2.55 bits per heavy atom. The third-order valence-electron chi connectivity index (χ3n) is 4.12. The molecule has 1 N–H and O–H groups in total. The van der Waals surface area contributed by atoms with Crippen LogP contribution >= 0.6 is 0 Å². The van der Waals surface area contributed by atoms with Crippen molar-refractivity contribution in [2.75, 3.05) is 26.7 Å². The van der Waals surface area contributed by atoms with Crippen LogP contribution in [0.1, 0.15) is 32.5 Å². The van der Waals surface area contributed by atoms with E-state index in [4.69, 9.17) is 0 Å². The number of rotatable bonds is 5. The summed E-state index contributed by atoms with van der Waals surface area (Å²) in [5, 5.41) is 0.203. The van der Waals surface area contributed by atoms with Crippen LogP contribution in [0.3, 0.4) is 0 Å². The van der Waals surface area contributed by atoms with E-state index in [1.807, 2.05) is 6.92 Å². The summed E-state index contributed by atoms with van der Waals surface area (Å²) in [5.74, 6) is 0.706. The van der Waals surface area contributed by atoms with E-state index in [0.717, 1.165) is 32.5 Å². The molecule has 1 aliphatic heterocycles. The lowest BCUT2D eigenvalue weighted by Gasteiger charge is -2.35. The van der Waals surface area contributed by atoms with E-state index in [-0.39, 0.29) is 11.1 Å². The molecule has 1 fully saturated rings. The first-order chi connectivity index (χ1) is 9.48. The monoisotopic (exact) mass is 300 g/mol. The van der Waals surface area contributed by atoms with E-state index < -0.39 is 10.0 Å². The predicted molar refractivity (Wildman–Crippen MR) is 78.1 cm³/mol. The van der Waals surface area contributed by atoms with Gasteiger partial charge >= 0.3 is 0 Å². The Hall–Kier alpha value is -0.920. The minimum Gasteiger partial charge on any atom is -0.332 e. The number of sulfonamides is 1. The summed E-state index contributed by atoms with van der Waals surface area (Å²) in [7, 11) is -1.78. The fourth-order valence-corrected chi connectivity index (χ4v) is 3.95. The van der Waals surface area contributed by atoms with Crippen LogP contribution in [0.5, 0.6) is 0 Å². The lowest BCUT2D eigenvalue weighted by molar-refractivity contribution is 0.176. The summed E-state index contributed by atoms with van der Waals surface area (Å²) in [5.41, 5.74) is 0. The Balaban J connectivity index is 2.09. The van der Waals surface area contributed by atoms with Gasteiger partial charge in [-0.15, -0.1) is 0 Å². The second-order valence-electron chi connectivity index (χ2n) is 5.23. The van der Waals surface area contributed by atoms with Gasteiger partial charge in [0.1, 0.15) is 5.82 Å². The highest BCUT2D eigenvalue weighted by molar-refractivity contribution is 7.89. The number of H-pyrrole nitrogens is 1. The Bertz CT molecular complexity index is 532. The van der Waals surface area contributed by atoms with Crippen LogP contribution in [-0.4, -0.2) is 60.3 Å². The van der Waals surface area contributed by atoms with Crippen molar-refractivity contribution in [2.24, 2.45) is 0 Å². The van der Waals surface area contributed by atoms with E-state index in [1.54, 1.807) is 7.05 Å². The number of imidazole rings is 1. The quantitative estimate of drug-likeness (QED) is 0.883. The zero-order chi connectivity index (χ0) is 14.8. The largest absolute Gasteiger partial charge is 0.332 e. The van der Waals surface area contributed by atoms with E-state index in [2.05, 4.69) is 21.8 Å². The summed E-state index contributed by atoms with van der Waals surface area (Å²) >= 11 is 0. The molecular formula is C13H24N4O2S. The molecule has 0 radical (unpaired) electrons. The minimum atomic E-state index is -3.46. The number of likely N-dealkylation sites (tertiary alicyclic amines) is 1. The molecule has 0 amide bonds. The van der Waals surface area contributed by atoms with E-state index in [0.29, 0.717) is 12.2 Å². The number of aromatic nitrogens is 2. The van der Waals surface area contributed by atoms with Crippen LogP contribution in [0.4, 0.5) is 0 Å². The number of nitrogens with one attached hydrogen (secondary N) is 1. The van der Waals surface area contributed by atoms with Crippen molar-refractivity contribution in [3.8, 4) is 0 Å². The molecule has 114 valence electrons.